The van der Waals surface area contributed by atoms with E-state index in [0.717, 1.165) is 44.4 Å². The number of aliphatic imine (C=N–C) groups is 1. The molecule has 7 heteroatoms. The molecule has 1 aromatic heterocycles. The number of guanidine groups is 1. The van der Waals surface area contributed by atoms with Crippen LogP contribution in [0.25, 0.3) is 0 Å². The van der Waals surface area contributed by atoms with Gasteiger partial charge in [-0.3, -0.25) is 4.99 Å². The number of nitrogens with one attached hydrogen (secondary N) is 2. The van der Waals surface area contributed by atoms with Gasteiger partial charge in [-0.25, -0.2) is 0 Å². The van der Waals surface area contributed by atoms with Gasteiger partial charge in [-0.15, -0.1) is 34.2 Å². The Hall–Kier alpha value is -0.860. The molecule has 0 atom stereocenters. The Morgan fingerprint density at radius 3 is 2.70 bits per heavy atom. The minimum atomic E-state index is 0. The highest BCUT2D eigenvalue weighted by Crippen LogP contribution is 1.95. The lowest BCUT2D eigenvalue weighted by molar-refractivity contribution is 0.624. The number of aryl methyl sites for hydroxylation is 1. The second-order valence-electron chi connectivity index (χ2n) is 4.83. The number of hydrogen-bond donors (Lipinski definition) is 2. The van der Waals surface area contributed by atoms with Gasteiger partial charge in [0.15, 0.2) is 5.96 Å². The van der Waals surface area contributed by atoms with Crippen molar-refractivity contribution in [2.24, 2.45) is 10.9 Å². The number of halogens is 1. The van der Waals surface area contributed by atoms with Crippen LogP contribution in [-0.4, -0.2) is 40.4 Å². The highest BCUT2D eigenvalue weighted by molar-refractivity contribution is 14.0. The molecule has 1 rings (SSSR count). The van der Waals surface area contributed by atoms with E-state index < -0.39 is 0 Å². The molecule has 0 aliphatic carbocycles. The highest BCUT2D eigenvalue weighted by atomic mass is 127. The summed E-state index contributed by atoms with van der Waals surface area (Å²) in [6.07, 6.45) is 2.68. The Labute approximate surface area is 138 Å². The molecule has 0 saturated carbocycles. The Morgan fingerprint density at radius 1 is 1.35 bits per heavy atom. The van der Waals surface area contributed by atoms with Crippen LogP contribution in [0.15, 0.2) is 11.3 Å². The van der Waals surface area contributed by atoms with E-state index in [4.69, 9.17) is 0 Å². The van der Waals surface area contributed by atoms with Gasteiger partial charge in [-0.2, -0.15) is 0 Å². The maximum Gasteiger partial charge on any atom is 0.191 e. The van der Waals surface area contributed by atoms with Crippen LogP contribution < -0.4 is 10.6 Å². The predicted molar refractivity (Wildman–Crippen MR) is 93.6 cm³/mol. The second-order valence-corrected chi connectivity index (χ2v) is 4.83. The molecular formula is C13H27IN6. The van der Waals surface area contributed by atoms with Crippen molar-refractivity contribution in [2.45, 2.75) is 40.7 Å². The van der Waals surface area contributed by atoms with E-state index in [1.807, 2.05) is 0 Å². The molecule has 0 fully saturated rings. The van der Waals surface area contributed by atoms with Crippen LogP contribution in [0.4, 0.5) is 0 Å². The van der Waals surface area contributed by atoms with Gasteiger partial charge in [-0.1, -0.05) is 20.8 Å². The summed E-state index contributed by atoms with van der Waals surface area (Å²) in [4.78, 5) is 4.53. The fourth-order valence-corrected chi connectivity index (χ4v) is 1.65. The summed E-state index contributed by atoms with van der Waals surface area (Å²) in [6, 6.07) is 0. The van der Waals surface area contributed by atoms with Crippen LogP contribution in [-0.2, 0) is 13.0 Å². The molecule has 0 radical (unpaired) electrons. The lowest BCUT2D eigenvalue weighted by Crippen LogP contribution is -2.39. The molecule has 116 valence electrons. The van der Waals surface area contributed by atoms with Crippen molar-refractivity contribution >= 4 is 29.9 Å². The number of hydrogen-bond acceptors (Lipinski definition) is 3. The van der Waals surface area contributed by atoms with Crippen molar-refractivity contribution in [3.63, 3.8) is 0 Å². The van der Waals surface area contributed by atoms with E-state index in [1.165, 1.54) is 0 Å². The predicted octanol–water partition coefficient (Wildman–Crippen LogP) is 1.67. The first kappa shape index (κ1) is 19.1. The Bertz CT molecular complexity index is 388. The third-order valence-corrected chi connectivity index (χ3v) is 2.62. The van der Waals surface area contributed by atoms with E-state index in [2.05, 4.69) is 58.1 Å². The standard InChI is InChI=1S/C13H26N6.HI/c1-5-12-18-17-10-19(12)8-7-15-13(14-6-2)16-9-11(3)4;/h10-11H,5-9H2,1-4H3,(H2,14,15,16);1H. The van der Waals surface area contributed by atoms with Crippen LogP contribution in [0.5, 0.6) is 0 Å². The highest BCUT2D eigenvalue weighted by Gasteiger charge is 2.02. The van der Waals surface area contributed by atoms with E-state index in [9.17, 15) is 0 Å². The minimum absolute atomic E-state index is 0. The molecule has 6 nitrogen and oxygen atoms in total. The van der Waals surface area contributed by atoms with E-state index >= 15 is 0 Å². The van der Waals surface area contributed by atoms with Gasteiger partial charge in [0.25, 0.3) is 0 Å². The smallest absolute Gasteiger partial charge is 0.191 e. The number of aromatic nitrogens is 3. The van der Waals surface area contributed by atoms with Crippen LogP contribution in [0.2, 0.25) is 0 Å². The molecule has 0 aromatic carbocycles. The van der Waals surface area contributed by atoms with E-state index in [1.54, 1.807) is 6.33 Å². The molecular weight excluding hydrogens is 367 g/mol. The van der Waals surface area contributed by atoms with Gasteiger partial charge in [-0.05, 0) is 12.8 Å². The molecule has 0 bridgehead atoms. The Balaban J connectivity index is 0.00000361. The van der Waals surface area contributed by atoms with Crippen molar-refractivity contribution in [2.75, 3.05) is 19.6 Å². The molecule has 0 amide bonds. The van der Waals surface area contributed by atoms with Crippen LogP contribution >= 0.6 is 24.0 Å². The van der Waals surface area contributed by atoms with E-state index in [-0.39, 0.29) is 24.0 Å². The van der Waals surface area contributed by atoms with Crippen LogP contribution in [0.1, 0.15) is 33.5 Å². The first-order valence-corrected chi connectivity index (χ1v) is 7.06. The third kappa shape index (κ3) is 7.06. The van der Waals surface area contributed by atoms with E-state index in [0.29, 0.717) is 5.92 Å². The van der Waals surface area contributed by atoms with Gasteiger partial charge in [0.05, 0.1) is 0 Å². The van der Waals surface area contributed by atoms with Crippen LogP contribution in [0.3, 0.4) is 0 Å². The van der Waals surface area contributed by atoms with Gasteiger partial charge in [0.2, 0.25) is 0 Å². The summed E-state index contributed by atoms with van der Waals surface area (Å²) >= 11 is 0. The maximum absolute atomic E-state index is 4.53. The fraction of sp³-hybridized carbons (Fsp3) is 0.769. The third-order valence-electron chi connectivity index (χ3n) is 2.62. The zero-order valence-electron chi connectivity index (χ0n) is 12.9. The second kappa shape index (κ2) is 10.9. The quantitative estimate of drug-likeness (QED) is 0.420. The largest absolute Gasteiger partial charge is 0.357 e. The number of nitrogens with zero attached hydrogens (tertiary/aromatic N) is 4. The molecule has 0 saturated heterocycles. The average molecular weight is 394 g/mol. The van der Waals surface area contributed by atoms with Gasteiger partial charge < -0.3 is 15.2 Å². The monoisotopic (exact) mass is 394 g/mol. The lowest BCUT2D eigenvalue weighted by atomic mass is 10.2. The van der Waals surface area contributed by atoms with Gasteiger partial charge in [0, 0.05) is 32.6 Å². The normalized spacial score (nSPS) is 11.3. The first-order chi connectivity index (χ1) is 9.17. The topological polar surface area (TPSA) is 67.1 Å². The minimum Gasteiger partial charge on any atom is -0.357 e. The van der Waals surface area contributed by atoms with Crippen molar-refractivity contribution in [3.8, 4) is 0 Å². The number of rotatable bonds is 7. The molecule has 1 aromatic rings. The lowest BCUT2D eigenvalue weighted by Gasteiger charge is -2.12. The molecule has 0 spiro atoms. The van der Waals surface area contributed by atoms with Crippen molar-refractivity contribution in [1.29, 1.82) is 0 Å². The van der Waals surface area contributed by atoms with Crippen molar-refractivity contribution in [3.05, 3.63) is 12.2 Å². The summed E-state index contributed by atoms with van der Waals surface area (Å²) in [7, 11) is 0. The summed E-state index contributed by atoms with van der Waals surface area (Å²) in [5.41, 5.74) is 0. The first-order valence-electron chi connectivity index (χ1n) is 7.06. The summed E-state index contributed by atoms with van der Waals surface area (Å²) in [5, 5.41) is 14.6. The molecule has 2 N–H and O–H groups in total. The molecule has 0 aliphatic heterocycles. The Kier molecular flexibility index (Phi) is 10.4. The Morgan fingerprint density at radius 2 is 2.10 bits per heavy atom. The average Bonchev–Trinajstić information content (AvgIpc) is 2.83. The van der Waals surface area contributed by atoms with Gasteiger partial charge >= 0.3 is 0 Å². The molecule has 1 heterocycles. The molecule has 0 aliphatic rings. The molecule has 20 heavy (non-hydrogen) atoms. The molecule has 0 unspecified atom stereocenters. The summed E-state index contributed by atoms with van der Waals surface area (Å²) < 4.78 is 2.07. The van der Waals surface area contributed by atoms with Crippen molar-refractivity contribution in [1.82, 2.24) is 25.4 Å². The van der Waals surface area contributed by atoms with Gasteiger partial charge in [0.1, 0.15) is 12.2 Å². The summed E-state index contributed by atoms with van der Waals surface area (Å²) in [5.74, 6) is 2.47. The zero-order valence-corrected chi connectivity index (χ0v) is 15.2. The SMILES string of the molecule is CCNC(=NCC(C)C)NCCn1cnnc1CC.I. The summed E-state index contributed by atoms with van der Waals surface area (Å²) in [6.45, 7) is 11.9. The van der Waals surface area contributed by atoms with Crippen LogP contribution in [0, 0.1) is 5.92 Å². The zero-order chi connectivity index (χ0) is 14.1. The fourth-order valence-electron chi connectivity index (χ4n) is 1.65. The maximum atomic E-state index is 4.53. The van der Waals surface area contributed by atoms with Crippen molar-refractivity contribution < 1.29 is 0 Å².